The fourth-order valence-corrected chi connectivity index (χ4v) is 2.93. The molecule has 0 bridgehead atoms. The van der Waals surface area contributed by atoms with Gasteiger partial charge in [0.1, 0.15) is 18.6 Å². The van der Waals surface area contributed by atoms with Crippen molar-refractivity contribution >= 4 is 29.7 Å². The first-order chi connectivity index (χ1) is 15.5. The van der Waals surface area contributed by atoms with Crippen molar-refractivity contribution in [1.29, 1.82) is 0 Å². The third-order valence-electron chi connectivity index (χ3n) is 5.17. The molecule has 182 valence electrons. The molecule has 4 unspecified atom stereocenters. The number of carbonyl (C=O) groups is 5. The quantitative estimate of drug-likeness (QED) is 0.215. The van der Waals surface area contributed by atoms with Crippen LogP contribution < -0.4 is 21.7 Å². The summed E-state index contributed by atoms with van der Waals surface area (Å²) in [7, 11) is 0. The molecule has 1 aromatic carbocycles. The Hall–Kier alpha value is -3.47. The Morgan fingerprint density at radius 2 is 1.52 bits per heavy atom. The maximum absolute atomic E-state index is 13.0. The standard InChI is InChI=1S/C22H32N4O7/c1-3-13(2)19(23)22(33)26-16(11-14-7-5-4-6-8-14)21(32)25-15(9-10-17(27)28)20(31)24-12-18(29)30/h4-8,13,15-16,19H,3,9-12,23H2,1-2H3,(H,24,31)(H,25,32)(H,26,33)(H,27,28)(H,29,30). The maximum atomic E-state index is 13.0. The zero-order valence-electron chi connectivity index (χ0n) is 18.7. The summed E-state index contributed by atoms with van der Waals surface area (Å²) in [6, 6.07) is 5.64. The predicted molar refractivity (Wildman–Crippen MR) is 119 cm³/mol. The molecule has 0 saturated heterocycles. The van der Waals surface area contributed by atoms with Gasteiger partial charge in [-0.3, -0.25) is 24.0 Å². The summed E-state index contributed by atoms with van der Waals surface area (Å²) in [5, 5.41) is 24.9. The van der Waals surface area contributed by atoms with Crippen molar-refractivity contribution in [1.82, 2.24) is 16.0 Å². The van der Waals surface area contributed by atoms with Crippen LogP contribution in [0.5, 0.6) is 0 Å². The van der Waals surface area contributed by atoms with E-state index in [1.165, 1.54) is 0 Å². The molecule has 0 radical (unpaired) electrons. The maximum Gasteiger partial charge on any atom is 0.322 e. The first kappa shape index (κ1) is 27.6. The van der Waals surface area contributed by atoms with E-state index in [0.717, 1.165) is 5.56 Å². The van der Waals surface area contributed by atoms with E-state index in [1.54, 1.807) is 30.3 Å². The van der Waals surface area contributed by atoms with Gasteiger partial charge in [-0.2, -0.15) is 0 Å². The predicted octanol–water partition coefficient (Wildman–Crippen LogP) is -0.362. The molecule has 11 heteroatoms. The van der Waals surface area contributed by atoms with Gasteiger partial charge in [-0.05, 0) is 17.9 Å². The third kappa shape index (κ3) is 10.1. The number of benzene rings is 1. The first-order valence-electron chi connectivity index (χ1n) is 10.7. The number of nitrogens with one attached hydrogen (secondary N) is 3. The number of carbonyl (C=O) groups excluding carboxylic acids is 3. The normalized spacial score (nSPS) is 14.3. The highest BCUT2D eigenvalue weighted by molar-refractivity contribution is 5.94. The second-order valence-electron chi connectivity index (χ2n) is 7.77. The van der Waals surface area contributed by atoms with Gasteiger partial charge < -0.3 is 31.9 Å². The topological polar surface area (TPSA) is 188 Å². The van der Waals surface area contributed by atoms with Gasteiger partial charge in [-0.25, -0.2) is 0 Å². The van der Waals surface area contributed by atoms with E-state index in [0.29, 0.717) is 6.42 Å². The second kappa shape index (κ2) is 13.8. The van der Waals surface area contributed by atoms with Crippen molar-refractivity contribution in [3.63, 3.8) is 0 Å². The average Bonchev–Trinajstić information content (AvgIpc) is 2.78. The molecule has 3 amide bonds. The molecule has 0 spiro atoms. The van der Waals surface area contributed by atoms with Crippen LogP contribution in [0.3, 0.4) is 0 Å². The lowest BCUT2D eigenvalue weighted by molar-refractivity contribution is -0.140. The SMILES string of the molecule is CCC(C)C(N)C(=O)NC(Cc1ccccc1)C(=O)NC(CCC(=O)O)C(=O)NCC(=O)O. The van der Waals surface area contributed by atoms with Gasteiger partial charge in [-0.1, -0.05) is 50.6 Å². The largest absolute Gasteiger partial charge is 0.481 e. The van der Waals surface area contributed by atoms with Crippen molar-refractivity contribution < 1.29 is 34.2 Å². The number of hydrogen-bond donors (Lipinski definition) is 6. The smallest absolute Gasteiger partial charge is 0.322 e. The third-order valence-corrected chi connectivity index (χ3v) is 5.17. The molecule has 11 nitrogen and oxygen atoms in total. The Kier molecular flexibility index (Phi) is 11.6. The Morgan fingerprint density at radius 3 is 2.06 bits per heavy atom. The minimum atomic E-state index is -1.30. The monoisotopic (exact) mass is 464 g/mol. The summed E-state index contributed by atoms with van der Waals surface area (Å²) in [5.74, 6) is -4.69. The zero-order chi connectivity index (χ0) is 25.0. The van der Waals surface area contributed by atoms with Crippen LogP contribution >= 0.6 is 0 Å². The van der Waals surface area contributed by atoms with Crippen LogP contribution in [0.25, 0.3) is 0 Å². The van der Waals surface area contributed by atoms with E-state index >= 15 is 0 Å². The van der Waals surface area contributed by atoms with Gasteiger partial charge in [0.05, 0.1) is 6.04 Å². The van der Waals surface area contributed by atoms with Gasteiger partial charge in [0.25, 0.3) is 0 Å². The molecule has 33 heavy (non-hydrogen) atoms. The molecule has 4 atom stereocenters. The van der Waals surface area contributed by atoms with E-state index in [4.69, 9.17) is 15.9 Å². The number of nitrogens with two attached hydrogens (primary N) is 1. The second-order valence-corrected chi connectivity index (χ2v) is 7.77. The summed E-state index contributed by atoms with van der Waals surface area (Å²) in [4.78, 5) is 59.7. The summed E-state index contributed by atoms with van der Waals surface area (Å²) in [6.45, 7) is 3.01. The number of carboxylic acid groups (broad SMARTS) is 2. The minimum absolute atomic E-state index is 0.105. The van der Waals surface area contributed by atoms with E-state index in [1.807, 2.05) is 13.8 Å². The number of aliphatic carboxylic acids is 2. The van der Waals surface area contributed by atoms with Crippen LogP contribution in [0.2, 0.25) is 0 Å². The van der Waals surface area contributed by atoms with E-state index < -0.39 is 60.8 Å². The van der Waals surface area contributed by atoms with Crippen molar-refractivity contribution in [2.24, 2.45) is 11.7 Å². The molecule has 1 rings (SSSR count). The van der Waals surface area contributed by atoms with Crippen LogP contribution in [0.1, 0.15) is 38.7 Å². The van der Waals surface area contributed by atoms with Gasteiger partial charge in [0.15, 0.2) is 0 Å². The van der Waals surface area contributed by atoms with Crippen molar-refractivity contribution in [3.8, 4) is 0 Å². The molecule has 0 aromatic heterocycles. The first-order valence-corrected chi connectivity index (χ1v) is 10.7. The lowest BCUT2D eigenvalue weighted by Gasteiger charge is -2.25. The molecule has 0 aliphatic carbocycles. The lowest BCUT2D eigenvalue weighted by atomic mass is 9.98. The fraction of sp³-hybridized carbons (Fsp3) is 0.500. The van der Waals surface area contributed by atoms with Crippen molar-refractivity contribution in [2.75, 3.05) is 6.54 Å². The Morgan fingerprint density at radius 1 is 0.909 bits per heavy atom. The zero-order valence-corrected chi connectivity index (χ0v) is 18.7. The molecule has 7 N–H and O–H groups in total. The molecule has 1 aromatic rings. The van der Waals surface area contributed by atoms with Gasteiger partial charge in [0, 0.05) is 12.8 Å². The van der Waals surface area contributed by atoms with E-state index in [9.17, 15) is 24.0 Å². The summed E-state index contributed by atoms with van der Waals surface area (Å²) in [6.07, 6.45) is 0.0735. The number of carboxylic acids is 2. The highest BCUT2D eigenvalue weighted by Gasteiger charge is 2.29. The molecule has 0 saturated carbocycles. The van der Waals surface area contributed by atoms with Crippen LogP contribution in [0.15, 0.2) is 30.3 Å². The number of rotatable bonds is 14. The molecular formula is C22H32N4O7. The van der Waals surface area contributed by atoms with Crippen LogP contribution in [-0.4, -0.2) is 64.5 Å². The summed E-state index contributed by atoms with van der Waals surface area (Å²) >= 11 is 0. The summed E-state index contributed by atoms with van der Waals surface area (Å²) in [5.41, 5.74) is 6.73. The molecule has 0 fully saturated rings. The van der Waals surface area contributed by atoms with Crippen LogP contribution in [0, 0.1) is 5.92 Å². The summed E-state index contributed by atoms with van der Waals surface area (Å²) < 4.78 is 0. The molecule has 0 aliphatic rings. The number of hydrogen-bond acceptors (Lipinski definition) is 6. The van der Waals surface area contributed by atoms with Crippen LogP contribution in [0.4, 0.5) is 0 Å². The van der Waals surface area contributed by atoms with Crippen molar-refractivity contribution in [2.45, 2.75) is 57.7 Å². The van der Waals surface area contributed by atoms with Crippen molar-refractivity contribution in [3.05, 3.63) is 35.9 Å². The highest BCUT2D eigenvalue weighted by Crippen LogP contribution is 2.09. The average molecular weight is 465 g/mol. The fourth-order valence-electron chi connectivity index (χ4n) is 2.93. The molecular weight excluding hydrogens is 432 g/mol. The van der Waals surface area contributed by atoms with Gasteiger partial charge in [-0.15, -0.1) is 0 Å². The Labute approximate surface area is 192 Å². The molecule has 0 heterocycles. The van der Waals surface area contributed by atoms with Crippen LogP contribution in [-0.2, 0) is 30.4 Å². The minimum Gasteiger partial charge on any atom is -0.481 e. The Bertz CT molecular complexity index is 831. The van der Waals surface area contributed by atoms with E-state index in [-0.39, 0.29) is 18.8 Å². The molecule has 0 aliphatic heterocycles. The Balaban J connectivity index is 3.04. The highest BCUT2D eigenvalue weighted by atomic mass is 16.4. The van der Waals surface area contributed by atoms with E-state index in [2.05, 4.69) is 16.0 Å². The van der Waals surface area contributed by atoms with Gasteiger partial charge in [0.2, 0.25) is 17.7 Å². The van der Waals surface area contributed by atoms with Gasteiger partial charge >= 0.3 is 11.9 Å². The lowest BCUT2D eigenvalue weighted by Crippen LogP contribution is -2.57. The number of amides is 3.